The number of benzene rings is 1. The van der Waals surface area contributed by atoms with Crippen molar-refractivity contribution in [2.75, 3.05) is 19.7 Å². The van der Waals surface area contributed by atoms with Gasteiger partial charge in [-0.15, -0.1) is 0 Å². The summed E-state index contributed by atoms with van der Waals surface area (Å²) >= 11 is 0. The van der Waals surface area contributed by atoms with Gasteiger partial charge in [0.05, 0.1) is 6.61 Å². The van der Waals surface area contributed by atoms with Crippen LogP contribution in [0.1, 0.15) is 45.6 Å². The molecule has 2 atom stereocenters. The lowest BCUT2D eigenvalue weighted by atomic mass is 9.98. The molecule has 0 radical (unpaired) electrons. The molecule has 0 amide bonds. The Morgan fingerprint density at radius 3 is 2.56 bits per heavy atom. The Kier molecular flexibility index (Phi) is 6.81. The second kappa shape index (κ2) is 8.15. The van der Waals surface area contributed by atoms with Crippen molar-refractivity contribution >= 4 is 0 Å². The number of hydrogen-bond donors (Lipinski definition) is 1. The van der Waals surface area contributed by atoms with Crippen molar-refractivity contribution < 1.29 is 4.74 Å². The van der Waals surface area contributed by atoms with E-state index in [4.69, 9.17) is 4.74 Å². The highest BCUT2D eigenvalue weighted by Crippen LogP contribution is 2.28. The molecule has 1 aromatic carbocycles. The summed E-state index contributed by atoms with van der Waals surface area (Å²) in [5.74, 6) is 2.15. The van der Waals surface area contributed by atoms with Crippen LogP contribution in [0.4, 0.5) is 0 Å². The summed E-state index contributed by atoms with van der Waals surface area (Å²) in [7, 11) is 0. The van der Waals surface area contributed by atoms with Crippen LogP contribution in [0.3, 0.4) is 0 Å². The Hall–Kier alpha value is -1.02. The molecule has 0 aromatic heterocycles. The Bertz CT molecular complexity index is 338. The number of hydrogen-bond acceptors (Lipinski definition) is 2. The fourth-order valence-electron chi connectivity index (χ4n) is 1.92. The van der Waals surface area contributed by atoms with Gasteiger partial charge in [0, 0.05) is 12.5 Å². The summed E-state index contributed by atoms with van der Waals surface area (Å²) in [4.78, 5) is 0. The summed E-state index contributed by atoms with van der Waals surface area (Å²) in [6.07, 6.45) is 1.15. The first-order valence-corrected chi connectivity index (χ1v) is 7.11. The molecule has 2 heteroatoms. The number of nitrogens with one attached hydrogen (secondary N) is 1. The lowest BCUT2D eigenvalue weighted by molar-refractivity contribution is 0.253. The van der Waals surface area contributed by atoms with E-state index in [9.17, 15) is 0 Å². The zero-order chi connectivity index (χ0) is 13.4. The van der Waals surface area contributed by atoms with Crippen LogP contribution in [0.5, 0.6) is 5.75 Å². The fourth-order valence-corrected chi connectivity index (χ4v) is 1.92. The smallest absolute Gasteiger partial charge is 0.122 e. The third kappa shape index (κ3) is 4.69. The van der Waals surface area contributed by atoms with E-state index in [0.717, 1.165) is 31.9 Å². The highest BCUT2D eigenvalue weighted by molar-refractivity contribution is 5.35. The van der Waals surface area contributed by atoms with E-state index in [1.165, 1.54) is 5.56 Å². The molecule has 0 bridgehead atoms. The van der Waals surface area contributed by atoms with Crippen LogP contribution in [0, 0.1) is 5.92 Å². The molecule has 0 aliphatic carbocycles. The standard InChI is InChI=1S/C16H27NO/c1-5-14(4)15-9-7-8-10-16(15)18-12-13(3)11-17-6-2/h7-10,13-14,17H,5-6,11-12H2,1-4H3. The van der Waals surface area contributed by atoms with Gasteiger partial charge in [-0.2, -0.15) is 0 Å². The predicted octanol–water partition coefficient (Wildman–Crippen LogP) is 3.82. The summed E-state index contributed by atoms with van der Waals surface area (Å²) in [6.45, 7) is 11.6. The van der Waals surface area contributed by atoms with Crippen LogP contribution in [-0.2, 0) is 0 Å². The SMILES string of the molecule is CCNCC(C)COc1ccccc1C(C)CC. The maximum atomic E-state index is 5.98. The first-order valence-electron chi connectivity index (χ1n) is 7.11. The Morgan fingerprint density at radius 1 is 1.17 bits per heavy atom. The first-order chi connectivity index (χ1) is 8.69. The lowest BCUT2D eigenvalue weighted by Crippen LogP contribution is -2.24. The van der Waals surface area contributed by atoms with Crippen LogP contribution in [-0.4, -0.2) is 19.7 Å². The van der Waals surface area contributed by atoms with Crippen molar-refractivity contribution in [1.29, 1.82) is 0 Å². The van der Waals surface area contributed by atoms with Gasteiger partial charge in [-0.05, 0) is 30.5 Å². The Morgan fingerprint density at radius 2 is 1.89 bits per heavy atom. The summed E-state index contributed by atoms with van der Waals surface area (Å²) < 4.78 is 5.98. The van der Waals surface area contributed by atoms with Crippen molar-refractivity contribution in [2.24, 2.45) is 5.92 Å². The quantitative estimate of drug-likeness (QED) is 0.756. The highest BCUT2D eigenvalue weighted by Gasteiger charge is 2.10. The molecule has 1 rings (SSSR count). The zero-order valence-electron chi connectivity index (χ0n) is 12.2. The molecule has 0 saturated carbocycles. The minimum absolute atomic E-state index is 0.537. The van der Waals surface area contributed by atoms with Gasteiger partial charge in [0.25, 0.3) is 0 Å². The van der Waals surface area contributed by atoms with Crippen molar-refractivity contribution in [1.82, 2.24) is 5.32 Å². The van der Waals surface area contributed by atoms with Crippen LogP contribution in [0.15, 0.2) is 24.3 Å². The van der Waals surface area contributed by atoms with Gasteiger partial charge in [-0.3, -0.25) is 0 Å². The zero-order valence-corrected chi connectivity index (χ0v) is 12.2. The molecule has 0 spiro atoms. The van der Waals surface area contributed by atoms with Gasteiger partial charge < -0.3 is 10.1 Å². The third-order valence-corrected chi connectivity index (χ3v) is 3.33. The molecule has 0 fully saturated rings. The Balaban J connectivity index is 2.56. The molecule has 18 heavy (non-hydrogen) atoms. The number of ether oxygens (including phenoxy) is 1. The summed E-state index contributed by atoms with van der Waals surface area (Å²) in [5, 5.41) is 3.35. The van der Waals surface area contributed by atoms with E-state index in [2.05, 4.69) is 57.3 Å². The summed E-state index contributed by atoms with van der Waals surface area (Å²) in [6, 6.07) is 8.41. The minimum atomic E-state index is 0.537. The van der Waals surface area contributed by atoms with Gasteiger partial charge in [-0.25, -0.2) is 0 Å². The molecule has 2 unspecified atom stereocenters. The summed E-state index contributed by atoms with van der Waals surface area (Å²) in [5.41, 5.74) is 1.33. The number of rotatable bonds is 8. The van der Waals surface area contributed by atoms with Gasteiger partial charge in [0.1, 0.15) is 5.75 Å². The van der Waals surface area contributed by atoms with Crippen molar-refractivity contribution in [3.63, 3.8) is 0 Å². The maximum Gasteiger partial charge on any atom is 0.122 e. The first kappa shape index (κ1) is 15.0. The molecule has 102 valence electrons. The molecule has 0 aliphatic rings. The molecule has 1 N–H and O–H groups in total. The van der Waals surface area contributed by atoms with Gasteiger partial charge in [-0.1, -0.05) is 45.9 Å². The van der Waals surface area contributed by atoms with E-state index in [1.807, 2.05) is 0 Å². The second-order valence-corrected chi connectivity index (χ2v) is 5.07. The van der Waals surface area contributed by atoms with Gasteiger partial charge in [0.2, 0.25) is 0 Å². The van der Waals surface area contributed by atoms with E-state index >= 15 is 0 Å². The monoisotopic (exact) mass is 249 g/mol. The Labute approximate surface area is 112 Å². The largest absolute Gasteiger partial charge is 0.493 e. The third-order valence-electron chi connectivity index (χ3n) is 3.33. The van der Waals surface area contributed by atoms with Crippen LogP contribution < -0.4 is 10.1 Å². The minimum Gasteiger partial charge on any atom is -0.493 e. The maximum absolute atomic E-state index is 5.98. The van der Waals surface area contributed by atoms with Crippen LogP contribution >= 0.6 is 0 Å². The second-order valence-electron chi connectivity index (χ2n) is 5.07. The van der Waals surface area contributed by atoms with E-state index in [-0.39, 0.29) is 0 Å². The molecule has 1 aromatic rings. The predicted molar refractivity (Wildman–Crippen MR) is 78.4 cm³/mol. The van der Waals surface area contributed by atoms with Crippen molar-refractivity contribution in [2.45, 2.75) is 40.0 Å². The topological polar surface area (TPSA) is 21.3 Å². The molecule has 0 heterocycles. The highest BCUT2D eigenvalue weighted by atomic mass is 16.5. The number of para-hydroxylation sites is 1. The van der Waals surface area contributed by atoms with Crippen LogP contribution in [0.25, 0.3) is 0 Å². The molecular weight excluding hydrogens is 222 g/mol. The van der Waals surface area contributed by atoms with Crippen molar-refractivity contribution in [3.05, 3.63) is 29.8 Å². The molecular formula is C16H27NO. The van der Waals surface area contributed by atoms with Gasteiger partial charge in [0.15, 0.2) is 0 Å². The average molecular weight is 249 g/mol. The van der Waals surface area contributed by atoms with E-state index in [1.54, 1.807) is 0 Å². The molecule has 2 nitrogen and oxygen atoms in total. The normalized spacial score (nSPS) is 14.2. The molecule has 0 aliphatic heterocycles. The van der Waals surface area contributed by atoms with Crippen molar-refractivity contribution in [3.8, 4) is 5.75 Å². The van der Waals surface area contributed by atoms with E-state index < -0.39 is 0 Å². The van der Waals surface area contributed by atoms with Gasteiger partial charge >= 0.3 is 0 Å². The fraction of sp³-hybridized carbons (Fsp3) is 0.625. The average Bonchev–Trinajstić information content (AvgIpc) is 2.42. The molecule has 0 saturated heterocycles. The van der Waals surface area contributed by atoms with E-state index in [0.29, 0.717) is 11.8 Å². The van der Waals surface area contributed by atoms with Crippen LogP contribution in [0.2, 0.25) is 0 Å². The lowest BCUT2D eigenvalue weighted by Gasteiger charge is -2.18.